The summed E-state index contributed by atoms with van der Waals surface area (Å²) in [6, 6.07) is 6.35. The van der Waals surface area contributed by atoms with Crippen LogP contribution < -0.4 is 10.2 Å². The summed E-state index contributed by atoms with van der Waals surface area (Å²) in [5.41, 5.74) is -4.21. The number of amides is 2. The Hall–Kier alpha value is -2.27. The molecule has 0 spiro atoms. The lowest BCUT2D eigenvalue weighted by molar-refractivity contribution is -0.257. The van der Waals surface area contributed by atoms with E-state index >= 15 is 0 Å². The second-order valence-electron chi connectivity index (χ2n) is 9.40. The number of pyridine rings is 1. The van der Waals surface area contributed by atoms with Crippen molar-refractivity contribution >= 4 is 52.4 Å². The summed E-state index contributed by atoms with van der Waals surface area (Å²) >= 11 is 17.8. The van der Waals surface area contributed by atoms with E-state index in [1.54, 1.807) is 26.2 Å². The molecule has 13 heteroatoms. The average Bonchev–Trinajstić information content (AvgIpc) is 2.84. The van der Waals surface area contributed by atoms with Gasteiger partial charge in [-0.3, -0.25) is 9.59 Å². The lowest BCUT2D eigenvalue weighted by atomic mass is 9.91. The second-order valence-corrected chi connectivity index (χ2v) is 10.6. The van der Waals surface area contributed by atoms with E-state index in [1.807, 2.05) is 0 Å². The van der Waals surface area contributed by atoms with Gasteiger partial charge in [-0.15, -0.1) is 0 Å². The number of hydrogen-bond donors (Lipinski definition) is 2. The van der Waals surface area contributed by atoms with Crippen molar-refractivity contribution < 1.29 is 27.9 Å². The van der Waals surface area contributed by atoms with Crippen LogP contribution >= 0.6 is 34.8 Å². The smallest absolute Gasteiger partial charge is 0.369 e. The number of aromatic nitrogens is 1. The number of hydrogen-bond acceptors (Lipinski definition) is 5. The number of anilines is 1. The molecule has 1 atom stereocenters. The molecular weight excluding hydrogens is 568 g/mol. The van der Waals surface area contributed by atoms with Crippen LogP contribution in [0.3, 0.4) is 0 Å². The fourth-order valence-corrected chi connectivity index (χ4v) is 5.12. The van der Waals surface area contributed by atoms with Gasteiger partial charge in [0.2, 0.25) is 0 Å². The molecular formula is C25H28Cl3F3N4O3. The van der Waals surface area contributed by atoms with Crippen molar-refractivity contribution in [3.63, 3.8) is 0 Å². The van der Waals surface area contributed by atoms with Crippen LogP contribution in [0.5, 0.6) is 0 Å². The molecule has 0 radical (unpaired) electrons. The number of aliphatic hydroxyl groups is 1. The number of benzene rings is 1. The molecule has 0 bridgehead atoms. The van der Waals surface area contributed by atoms with Gasteiger partial charge in [-0.05, 0) is 61.9 Å². The van der Waals surface area contributed by atoms with E-state index in [-0.39, 0.29) is 27.7 Å². The van der Waals surface area contributed by atoms with Crippen LogP contribution in [-0.4, -0.2) is 66.7 Å². The highest BCUT2D eigenvalue weighted by Crippen LogP contribution is 2.41. The van der Waals surface area contributed by atoms with Crippen LogP contribution in [0.4, 0.5) is 19.0 Å². The molecule has 2 heterocycles. The van der Waals surface area contributed by atoms with Crippen molar-refractivity contribution in [3.8, 4) is 0 Å². The van der Waals surface area contributed by atoms with Crippen molar-refractivity contribution in [2.75, 3.05) is 38.6 Å². The van der Waals surface area contributed by atoms with Gasteiger partial charge in [-0.25, -0.2) is 4.98 Å². The predicted octanol–water partition coefficient (Wildman–Crippen LogP) is 5.31. The largest absolute Gasteiger partial charge is 0.430 e. The molecule has 7 nitrogen and oxygen atoms in total. The van der Waals surface area contributed by atoms with Crippen LogP contribution in [0.25, 0.3) is 0 Å². The van der Waals surface area contributed by atoms with E-state index in [2.05, 4.69) is 15.2 Å². The monoisotopic (exact) mass is 594 g/mol. The molecule has 1 aliphatic heterocycles. The van der Waals surface area contributed by atoms with Gasteiger partial charge in [0.25, 0.3) is 17.4 Å². The van der Waals surface area contributed by atoms with Crippen LogP contribution in [-0.2, 0) is 10.4 Å². The quantitative estimate of drug-likeness (QED) is 0.319. The molecule has 38 heavy (non-hydrogen) atoms. The van der Waals surface area contributed by atoms with E-state index in [4.69, 9.17) is 34.8 Å². The highest BCUT2D eigenvalue weighted by Gasteiger charge is 2.60. The summed E-state index contributed by atoms with van der Waals surface area (Å²) in [7, 11) is 3.27. The SMILES string of the molecule is CN(C)C(=O)c1ccc(N2CCC(CCCNC(=O)[C@](O)(c3cc(Cl)cc(Cl)c3)C(F)(F)F)CC2)nc1Cl. The van der Waals surface area contributed by atoms with Crippen molar-refractivity contribution in [2.24, 2.45) is 5.92 Å². The first-order valence-electron chi connectivity index (χ1n) is 11.9. The number of carbonyl (C=O) groups is 2. The van der Waals surface area contributed by atoms with Gasteiger partial charge in [0.1, 0.15) is 11.0 Å². The summed E-state index contributed by atoms with van der Waals surface area (Å²) in [6.45, 7) is 1.36. The molecule has 2 N–H and O–H groups in total. The minimum atomic E-state index is -5.28. The number of rotatable bonds is 8. The maximum absolute atomic E-state index is 13.8. The zero-order valence-corrected chi connectivity index (χ0v) is 23.1. The number of piperidine rings is 1. The molecule has 208 valence electrons. The molecule has 1 aromatic carbocycles. The van der Waals surface area contributed by atoms with Crippen molar-refractivity contribution in [3.05, 3.63) is 56.7 Å². The first-order valence-corrected chi connectivity index (χ1v) is 13.0. The predicted molar refractivity (Wildman–Crippen MR) is 141 cm³/mol. The van der Waals surface area contributed by atoms with Gasteiger partial charge in [0.05, 0.1) is 5.56 Å². The zero-order chi connectivity index (χ0) is 28.3. The van der Waals surface area contributed by atoms with Gasteiger partial charge in [0, 0.05) is 49.3 Å². The first kappa shape index (κ1) is 30.3. The summed E-state index contributed by atoms with van der Waals surface area (Å²) in [4.78, 5) is 32.5. The lowest BCUT2D eigenvalue weighted by Crippen LogP contribution is -2.54. The fourth-order valence-electron chi connectivity index (χ4n) is 4.36. The topological polar surface area (TPSA) is 85.8 Å². The maximum atomic E-state index is 13.8. The van der Waals surface area contributed by atoms with Crippen molar-refractivity contribution in [1.82, 2.24) is 15.2 Å². The van der Waals surface area contributed by atoms with E-state index in [0.717, 1.165) is 25.0 Å². The third-order valence-corrected chi connectivity index (χ3v) is 7.23. The van der Waals surface area contributed by atoms with E-state index in [9.17, 15) is 27.9 Å². The normalized spacial score (nSPS) is 16.2. The second kappa shape index (κ2) is 12.3. The Bertz CT molecular complexity index is 1150. The molecule has 3 rings (SSSR count). The molecule has 1 aliphatic rings. The van der Waals surface area contributed by atoms with Gasteiger partial charge in [0.15, 0.2) is 0 Å². The summed E-state index contributed by atoms with van der Waals surface area (Å²) < 4.78 is 41.3. The Morgan fingerprint density at radius 1 is 1.11 bits per heavy atom. The number of carbonyl (C=O) groups excluding carboxylic acids is 2. The lowest BCUT2D eigenvalue weighted by Gasteiger charge is -2.33. The third-order valence-electron chi connectivity index (χ3n) is 6.50. The Balaban J connectivity index is 1.51. The average molecular weight is 596 g/mol. The van der Waals surface area contributed by atoms with Gasteiger partial charge >= 0.3 is 6.18 Å². The molecule has 1 saturated heterocycles. The minimum Gasteiger partial charge on any atom is -0.369 e. The first-order chi connectivity index (χ1) is 17.7. The highest BCUT2D eigenvalue weighted by atomic mass is 35.5. The van der Waals surface area contributed by atoms with Crippen molar-refractivity contribution in [1.29, 1.82) is 0 Å². The molecule has 1 aromatic heterocycles. The molecule has 0 saturated carbocycles. The Morgan fingerprint density at radius 2 is 1.71 bits per heavy atom. The van der Waals surface area contributed by atoms with Gasteiger partial charge in [-0.2, -0.15) is 13.2 Å². The summed E-state index contributed by atoms with van der Waals surface area (Å²) in [5.74, 6) is -0.841. The molecule has 2 aromatic rings. The Kier molecular flexibility index (Phi) is 9.78. The van der Waals surface area contributed by atoms with Crippen LogP contribution in [0, 0.1) is 5.92 Å². The highest BCUT2D eigenvalue weighted by molar-refractivity contribution is 6.34. The zero-order valence-electron chi connectivity index (χ0n) is 20.8. The third kappa shape index (κ3) is 6.83. The number of halogens is 6. The summed E-state index contributed by atoms with van der Waals surface area (Å²) in [5, 5.41) is 12.5. The number of nitrogens with zero attached hydrogens (tertiary/aromatic N) is 3. The van der Waals surface area contributed by atoms with Gasteiger partial charge in [-0.1, -0.05) is 34.8 Å². The standard InChI is InChI=1S/C25H28Cl3F3N4O3/c1-34(2)22(36)19-5-6-20(33-21(19)28)35-10-7-15(8-11-35)4-3-9-32-23(37)24(38,25(29,30)31)16-12-17(26)14-18(27)13-16/h5-6,12-15,38H,3-4,7-11H2,1-2H3,(H,32,37)/t24-/m1/s1. The fraction of sp³-hybridized carbons (Fsp3) is 0.480. The number of nitrogens with one attached hydrogen (secondary N) is 1. The van der Waals surface area contributed by atoms with Gasteiger partial charge < -0.3 is 20.2 Å². The molecule has 0 unspecified atom stereocenters. The molecule has 1 fully saturated rings. The minimum absolute atomic E-state index is 0.0374. The maximum Gasteiger partial charge on any atom is 0.430 e. The Morgan fingerprint density at radius 3 is 2.24 bits per heavy atom. The Labute approximate surface area is 233 Å². The van der Waals surface area contributed by atoms with Crippen LogP contribution in [0.15, 0.2) is 30.3 Å². The van der Waals surface area contributed by atoms with Crippen molar-refractivity contribution in [2.45, 2.75) is 37.5 Å². The molecule has 0 aliphatic carbocycles. The van der Waals surface area contributed by atoms with E-state index in [1.165, 1.54) is 11.0 Å². The summed E-state index contributed by atoms with van der Waals surface area (Å²) in [6.07, 6.45) is -2.52. The van der Waals surface area contributed by atoms with Crippen LogP contribution in [0.2, 0.25) is 15.2 Å². The number of alkyl halides is 3. The van der Waals surface area contributed by atoms with E-state index in [0.29, 0.717) is 43.2 Å². The van der Waals surface area contributed by atoms with Crippen LogP contribution in [0.1, 0.15) is 41.6 Å². The molecule has 2 amide bonds. The van der Waals surface area contributed by atoms with E-state index < -0.39 is 23.2 Å².